The molecular weight excluding hydrogens is 323 g/mol. The van der Waals surface area contributed by atoms with Crippen LogP contribution in [0.5, 0.6) is 0 Å². The van der Waals surface area contributed by atoms with E-state index in [1.807, 2.05) is 12.1 Å². The lowest BCUT2D eigenvalue weighted by atomic mass is 10.1. The molecule has 2 aliphatic rings. The molecule has 1 unspecified atom stereocenters. The van der Waals surface area contributed by atoms with Crippen LogP contribution in [0, 0.1) is 5.82 Å². The van der Waals surface area contributed by atoms with Crippen molar-refractivity contribution in [3.63, 3.8) is 0 Å². The smallest absolute Gasteiger partial charge is 0.128 e. The molecule has 2 fully saturated rings. The van der Waals surface area contributed by atoms with Crippen molar-refractivity contribution in [2.24, 2.45) is 0 Å². The zero-order valence-corrected chi connectivity index (χ0v) is 13.0. The average molecular weight is 343 g/mol. The van der Waals surface area contributed by atoms with Gasteiger partial charge < -0.3 is 10.1 Å². The fourth-order valence-corrected chi connectivity index (χ4v) is 2.88. The Morgan fingerprint density at radius 3 is 3.00 bits per heavy atom. The lowest BCUT2D eigenvalue weighted by Crippen LogP contribution is -2.50. The molecule has 1 saturated carbocycles. The van der Waals surface area contributed by atoms with Gasteiger partial charge in [-0.1, -0.05) is 22.0 Å². The highest BCUT2D eigenvalue weighted by atomic mass is 79.9. The van der Waals surface area contributed by atoms with Crippen molar-refractivity contribution in [1.29, 1.82) is 0 Å². The molecule has 0 radical (unpaired) electrons. The van der Waals surface area contributed by atoms with Crippen molar-refractivity contribution in [3.8, 4) is 0 Å². The van der Waals surface area contributed by atoms with E-state index < -0.39 is 0 Å². The lowest BCUT2D eigenvalue weighted by Gasteiger charge is -2.36. The average Bonchev–Trinajstić information content (AvgIpc) is 3.25. The summed E-state index contributed by atoms with van der Waals surface area (Å²) < 4.78 is 20.3. The van der Waals surface area contributed by atoms with Crippen LogP contribution in [0.4, 0.5) is 4.39 Å². The number of halogens is 2. The Balaban J connectivity index is 1.62. The lowest BCUT2D eigenvalue weighted by molar-refractivity contribution is -0.0114. The molecule has 1 atom stereocenters. The van der Waals surface area contributed by atoms with Crippen molar-refractivity contribution in [3.05, 3.63) is 34.1 Å². The topological polar surface area (TPSA) is 24.5 Å². The van der Waals surface area contributed by atoms with Crippen LogP contribution in [-0.2, 0) is 11.3 Å². The minimum atomic E-state index is -0.139. The van der Waals surface area contributed by atoms with E-state index in [1.54, 1.807) is 0 Å². The monoisotopic (exact) mass is 342 g/mol. The second kappa shape index (κ2) is 6.52. The molecule has 1 saturated heterocycles. The summed E-state index contributed by atoms with van der Waals surface area (Å²) in [6.45, 7) is 3.92. The summed E-state index contributed by atoms with van der Waals surface area (Å²) in [4.78, 5) is 2.32. The SMILES string of the molecule is Fc1cc(Br)ccc1CN1CCOCC1CNC1CC1. The van der Waals surface area contributed by atoms with Crippen molar-refractivity contribution in [2.75, 3.05) is 26.3 Å². The standard InChI is InChI=1S/C15H20BrFN2O/c16-12-2-1-11(15(17)7-12)9-19-5-6-20-10-14(19)8-18-13-3-4-13/h1-2,7,13-14,18H,3-6,8-10H2. The van der Waals surface area contributed by atoms with Gasteiger partial charge in [0.15, 0.2) is 0 Å². The highest BCUT2D eigenvalue weighted by Gasteiger charge is 2.27. The molecule has 1 aliphatic heterocycles. The van der Waals surface area contributed by atoms with Gasteiger partial charge in [0.2, 0.25) is 0 Å². The zero-order chi connectivity index (χ0) is 13.9. The number of hydrogen-bond donors (Lipinski definition) is 1. The number of morpholine rings is 1. The van der Waals surface area contributed by atoms with E-state index >= 15 is 0 Å². The molecule has 3 nitrogen and oxygen atoms in total. The number of ether oxygens (including phenoxy) is 1. The normalized spacial score (nSPS) is 24.0. The van der Waals surface area contributed by atoms with E-state index in [-0.39, 0.29) is 5.82 Å². The van der Waals surface area contributed by atoms with Crippen molar-refractivity contribution in [2.45, 2.75) is 31.5 Å². The molecule has 1 aromatic rings. The van der Waals surface area contributed by atoms with Crippen molar-refractivity contribution in [1.82, 2.24) is 10.2 Å². The molecule has 0 aromatic heterocycles. The van der Waals surface area contributed by atoms with Crippen LogP contribution >= 0.6 is 15.9 Å². The Bertz CT molecular complexity index is 467. The molecule has 3 rings (SSSR count). The first-order valence-corrected chi connectivity index (χ1v) is 8.01. The van der Waals surface area contributed by atoms with Crippen molar-refractivity contribution >= 4 is 15.9 Å². The highest BCUT2D eigenvalue weighted by Crippen LogP contribution is 2.21. The van der Waals surface area contributed by atoms with Gasteiger partial charge in [-0.25, -0.2) is 4.39 Å². The third kappa shape index (κ3) is 3.79. The maximum Gasteiger partial charge on any atom is 0.128 e. The van der Waals surface area contributed by atoms with Gasteiger partial charge in [-0.05, 0) is 25.0 Å². The quantitative estimate of drug-likeness (QED) is 0.889. The molecule has 5 heteroatoms. The van der Waals surface area contributed by atoms with Crippen LogP contribution in [0.3, 0.4) is 0 Å². The van der Waals surface area contributed by atoms with Gasteiger partial charge in [0.1, 0.15) is 5.82 Å². The Kier molecular flexibility index (Phi) is 4.71. The summed E-state index contributed by atoms with van der Waals surface area (Å²) in [7, 11) is 0. The maximum atomic E-state index is 14.0. The summed E-state index contributed by atoms with van der Waals surface area (Å²) in [5.74, 6) is -0.139. The Morgan fingerprint density at radius 1 is 1.40 bits per heavy atom. The zero-order valence-electron chi connectivity index (χ0n) is 11.4. The van der Waals surface area contributed by atoms with Crippen LogP contribution in [0.25, 0.3) is 0 Å². The summed E-state index contributed by atoms with van der Waals surface area (Å²) in [6.07, 6.45) is 2.57. The van der Waals surface area contributed by atoms with Gasteiger partial charge in [-0.2, -0.15) is 0 Å². The number of hydrogen-bond acceptors (Lipinski definition) is 3. The Labute approximate surface area is 127 Å². The minimum Gasteiger partial charge on any atom is -0.378 e. The van der Waals surface area contributed by atoms with Crippen molar-refractivity contribution < 1.29 is 9.13 Å². The van der Waals surface area contributed by atoms with Gasteiger partial charge >= 0.3 is 0 Å². The van der Waals surface area contributed by atoms with E-state index in [2.05, 4.69) is 26.1 Å². The molecule has 0 amide bonds. The maximum absolute atomic E-state index is 14.0. The second-order valence-corrected chi connectivity index (χ2v) is 6.53. The van der Waals surface area contributed by atoms with E-state index in [0.29, 0.717) is 18.6 Å². The first-order chi connectivity index (χ1) is 9.72. The molecule has 20 heavy (non-hydrogen) atoms. The molecule has 1 N–H and O–H groups in total. The molecule has 0 spiro atoms. The fourth-order valence-electron chi connectivity index (χ4n) is 2.54. The summed E-state index contributed by atoms with van der Waals surface area (Å²) in [5, 5.41) is 3.54. The number of nitrogens with zero attached hydrogens (tertiary/aromatic N) is 1. The highest BCUT2D eigenvalue weighted by molar-refractivity contribution is 9.10. The summed E-state index contributed by atoms with van der Waals surface area (Å²) >= 11 is 3.30. The van der Waals surface area contributed by atoms with Gasteiger partial charge in [0.25, 0.3) is 0 Å². The minimum absolute atomic E-state index is 0.139. The number of rotatable bonds is 5. The van der Waals surface area contributed by atoms with E-state index in [4.69, 9.17) is 4.74 Å². The Morgan fingerprint density at radius 2 is 2.25 bits per heavy atom. The molecule has 1 heterocycles. The third-order valence-electron chi connectivity index (χ3n) is 3.96. The van der Waals surface area contributed by atoms with Gasteiger partial charge in [0, 0.05) is 41.8 Å². The predicted molar refractivity (Wildman–Crippen MR) is 80.1 cm³/mol. The van der Waals surface area contributed by atoms with E-state index in [9.17, 15) is 4.39 Å². The van der Waals surface area contributed by atoms with Gasteiger partial charge in [0.05, 0.1) is 13.2 Å². The molecular formula is C15H20BrFN2O. The second-order valence-electron chi connectivity index (χ2n) is 5.62. The van der Waals surface area contributed by atoms with Crippen LogP contribution in [-0.4, -0.2) is 43.3 Å². The third-order valence-corrected chi connectivity index (χ3v) is 4.45. The van der Waals surface area contributed by atoms with Gasteiger partial charge in [-0.15, -0.1) is 0 Å². The van der Waals surface area contributed by atoms with E-state index in [1.165, 1.54) is 18.9 Å². The van der Waals surface area contributed by atoms with Crippen LogP contribution < -0.4 is 5.32 Å². The summed E-state index contributed by atoms with van der Waals surface area (Å²) in [6, 6.07) is 6.33. The largest absolute Gasteiger partial charge is 0.378 e. The first kappa shape index (κ1) is 14.4. The Hall–Kier alpha value is -0.490. The van der Waals surface area contributed by atoms with Crippen LogP contribution in [0.15, 0.2) is 22.7 Å². The number of nitrogens with one attached hydrogen (secondary N) is 1. The van der Waals surface area contributed by atoms with Crippen LogP contribution in [0.1, 0.15) is 18.4 Å². The fraction of sp³-hybridized carbons (Fsp3) is 0.600. The van der Waals surface area contributed by atoms with Crippen LogP contribution in [0.2, 0.25) is 0 Å². The van der Waals surface area contributed by atoms with Gasteiger partial charge in [-0.3, -0.25) is 4.90 Å². The predicted octanol–water partition coefficient (Wildman–Crippen LogP) is 2.54. The first-order valence-electron chi connectivity index (χ1n) is 7.21. The molecule has 1 aromatic carbocycles. The number of benzene rings is 1. The summed E-state index contributed by atoms with van der Waals surface area (Å²) in [5.41, 5.74) is 0.756. The molecule has 0 bridgehead atoms. The van der Waals surface area contributed by atoms with E-state index in [0.717, 1.165) is 36.3 Å². The molecule has 1 aliphatic carbocycles. The molecule has 110 valence electrons.